The predicted octanol–water partition coefficient (Wildman–Crippen LogP) is 3.59. The molecule has 0 aliphatic carbocycles. The van der Waals surface area contributed by atoms with Crippen LogP contribution in [0.3, 0.4) is 0 Å². The molecule has 7 heteroatoms. The summed E-state index contributed by atoms with van der Waals surface area (Å²) in [4.78, 5) is 21.7. The van der Waals surface area contributed by atoms with Gasteiger partial charge in [0.2, 0.25) is 0 Å². The summed E-state index contributed by atoms with van der Waals surface area (Å²) in [6.07, 6.45) is 4.41. The highest BCUT2D eigenvalue weighted by molar-refractivity contribution is 7.22. The highest BCUT2D eigenvalue weighted by atomic mass is 35.5. The van der Waals surface area contributed by atoms with Gasteiger partial charge >= 0.3 is 0 Å². The van der Waals surface area contributed by atoms with E-state index in [1.807, 2.05) is 41.8 Å². The van der Waals surface area contributed by atoms with Crippen LogP contribution >= 0.6 is 34.3 Å². The lowest BCUT2D eigenvalue weighted by Crippen LogP contribution is -3.05. The number of rotatable bonds is 7. The maximum atomic E-state index is 12.8. The molecule has 3 aromatic rings. The highest BCUT2D eigenvalue weighted by Gasteiger charge is 2.18. The normalized spacial score (nSPS) is 11.7. The number of anilines is 1. The van der Waals surface area contributed by atoms with Crippen molar-refractivity contribution in [3.8, 4) is 0 Å². The molecule has 136 valence electrons. The lowest BCUT2D eigenvalue weighted by Gasteiger charge is -2.18. The molecule has 0 radical (unpaired) electrons. The summed E-state index contributed by atoms with van der Waals surface area (Å²) >= 11 is 9.19. The first-order chi connectivity index (χ1) is 12.5. The summed E-state index contributed by atoms with van der Waals surface area (Å²) in [5.74, 6) is -0.0442. The fraction of sp³-hybridized carbons (Fsp3) is 0.263. The molecule has 0 spiro atoms. The summed E-state index contributed by atoms with van der Waals surface area (Å²) in [5.41, 5.74) is 0.868. The molecule has 0 unspecified atom stereocenters. The Balaban J connectivity index is 1.84. The number of quaternary nitrogens is 1. The average molecular weight is 407 g/mol. The predicted molar refractivity (Wildman–Crippen MR) is 113 cm³/mol. The molecule has 1 amide bonds. The third-order valence-electron chi connectivity index (χ3n) is 3.83. The van der Waals surface area contributed by atoms with Crippen molar-refractivity contribution in [2.24, 2.45) is 0 Å². The molecule has 2 heterocycles. The number of thiazole rings is 1. The second-order valence-electron chi connectivity index (χ2n) is 6.26. The minimum absolute atomic E-state index is 0.0442. The van der Waals surface area contributed by atoms with Crippen LogP contribution in [-0.4, -0.2) is 38.1 Å². The molecular weight excluding hydrogens is 386 g/mol. The number of carbonyl (C=O) groups is 1. The molecular formula is C19H21ClN3OS2+. The van der Waals surface area contributed by atoms with Gasteiger partial charge in [0.05, 0.1) is 30.9 Å². The zero-order valence-corrected chi connectivity index (χ0v) is 17.1. The minimum Gasteiger partial charge on any atom is -0.340 e. The molecule has 2 aromatic heterocycles. The van der Waals surface area contributed by atoms with Crippen LogP contribution in [0, 0.1) is 0 Å². The van der Waals surface area contributed by atoms with Crippen molar-refractivity contribution in [3.05, 3.63) is 51.7 Å². The minimum atomic E-state index is -0.0442. The van der Waals surface area contributed by atoms with E-state index >= 15 is 0 Å². The van der Waals surface area contributed by atoms with E-state index in [0.29, 0.717) is 11.6 Å². The lowest BCUT2D eigenvalue weighted by molar-refractivity contribution is -0.858. The van der Waals surface area contributed by atoms with Crippen LogP contribution in [0.25, 0.3) is 16.3 Å². The number of hydrogen-bond acceptors (Lipinski definition) is 4. The molecule has 1 aromatic carbocycles. The van der Waals surface area contributed by atoms with Gasteiger partial charge in [0.1, 0.15) is 0 Å². The van der Waals surface area contributed by atoms with Crippen molar-refractivity contribution < 1.29 is 9.69 Å². The van der Waals surface area contributed by atoms with E-state index in [4.69, 9.17) is 11.6 Å². The van der Waals surface area contributed by atoms with Crippen molar-refractivity contribution in [2.75, 3.05) is 32.1 Å². The Hall–Kier alpha value is -1.73. The van der Waals surface area contributed by atoms with Crippen LogP contribution in [0.4, 0.5) is 5.13 Å². The van der Waals surface area contributed by atoms with E-state index in [0.717, 1.165) is 33.2 Å². The summed E-state index contributed by atoms with van der Waals surface area (Å²) < 4.78 is 0.991. The van der Waals surface area contributed by atoms with Crippen molar-refractivity contribution in [1.29, 1.82) is 0 Å². The summed E-state index contributed by atoms with van der Waals surface area (Å²) in [7, 11) is 4.23. The standard InChI is InChI=1S/C19H20ClN3OS2/c1-22(2)10-4-11-23(18(24)9-7-15-5-3-12-25-15)19-21-16-8-6-14(20)13-17(16)26-19/h3,5-9,12-13H,4,10-11H2,1-2H3/p+1/b9-7+. The van der Waals surface area contributed by atoms with Gasteiger partial charge in [0.25, 0.3) is 5.91 Å². The first kappa shape index (κ1) is 19.0. The van der Waals surface area contributed by atoms with Crippen LogP contribution in [-0.2, 0) is 4.79 Å². The molecule has 1 N–H and O–H groups in total. The quantitative estimate of drug-likeness (QED) is 0.609. The van der Waals surface area contributed by atoms with E-state index in [2.05, 4.69) is 19.1 Å². The highest BCUT2D eigenvalue weighted by Crippen LogP contribution is 2.31. The van der Waals surface area contributed by atoms with Crippen LogP contribution < -0.4 is 9.80 Å². The zero-order chi connectivity index (χ0) is 18.5. The van der Waals surface area contributed by atoms with Gasteiger partial charge in [-0.1, -0.05) is 29.0 Å². The topological polar surface area (TPSA) is 37.6 Å². The Morgan fingerprint density at radius 2 is 2.19 bits per heavy atom. The SMILES string of the molecule is C[NH+](C)CCCN(C(=O)/C=C/c1cccs1)c1nc2ccc(Cl)cc2s1. The zero-order valence-electron chi connectivity index (χ0n) is 14.7. The molecule has 0 saturated carbocycles. The monoisotopic (exact) mass is 406 g/mol. The largest absolute Gasteiger partial charge is 0.340 e. The summed E-state index contributed by atoms with van der Waals surface area (Å²) in [5, 5.41) is 3.40. The van der Waals surface area contributed by atoms with E-state index in [-0.39, 0.29) is 5.91 Å². The van der Waals surface area contributed by atoms with Gasteiger partial charge in [-0.05, 0) is 35.7 Å². The number of carbonyl (C=O) groups excluding carboxylic acids is 1. The third-order valence-corrected chi connectivity index (χ3v) is 5.94. The van der Waals surface area contributed by atoms with Crippen LogP contribution in [0.2, 0.25) is 5.02 Å². The Morgan fingerprint density at radius 3 is 2.92 bits per heavy atom. The van der Waals surface area contributed by atoms with Crippen molar-refractivity contribution >= 4 is 61.6 Å². The Labute approximate surface area is 166 Å². The van der Waals surface area contributed by atoms with Gasteiger partial charge in [0, 0.05) is 28.9 Å². The van der Waals surface area contributed by atoms with Gasteiger partial charge in [-0.2, -0.15) is 0 Å². The van der Waals surface area contributed by atoms with Crippen molar-refractivity contribution in [1.82, 2.24) is 4.98 Å². The van der Waals surface area contributed by atoms with Crippen molar-refractivity contribution in [2.45, 2.75) is 6.42 Å². The fourth-order valence-electron chi connectivity index (χ4n) is 2.52. The first-order valence-corrected chi connectivity index (χ1v) is 10.5. The van der Waals surface area contributed by atoms with Gasteiger partial charge in [0.15, 0.2) is 5.13 Å². The summed E-state index contributed by atoms with van der Waals surface area (Å²) in [6.45, 7) is 1.64. The van der Waals surface area contributed by atoms with Gasteiger partial charge < -0.3 is 4.90 Å². The number of benzene rings is 1. The lowest BCUT2D eigenvalue weighted by atomic mass is 10.3. The number of amides is 1. The Morgan fingerprint density at radius 1 is 1.35 bits per heavy atom. The van der Waals surface area contributed by atoms with Gasteiger partial charge in [-0.25, -0.2) is 4.98 Å². The van der Waals surface area contributed by atoms with Crippen LogP contribution in [0.15, 0.2) is 41.8 Å². The van der Waals surface area contributed by atoms with Crippen molar-refractivity contribution in [3.63, 3.8) is 0 Å². The number of fused-ring (bicyclic) bond motifs is 1. The Kier molecular flexibility index (Phi) is 6.43. The van der Waals surface area contributed by atoms with E-state index < -0.39 is 0 Å². The van der Waals surface area contributed by atoms with E-state index in [1.165, 1.54) is 16.2 Å². The molecule has 0 fully saturated rings. The molecule has 4 nitrogen and oxygen atoms in total. The van der Waals surface area contributed by atoms with Gasteiger partial charge in [-0.3, -0.25) is 9.69 Å². The molecule has 0 aliphatic rings. The average Bonchev–Trinajstić information content (AvgIpc) is 3.25. The smallest absolute Gasteiger partial charge is 0.252 e. The number of aromatic nitrogens is 1. The molecule has 0 bridgehead atoms. The summed E-state index contributed by atoms with van der Waals surface area (Å²) in [6, 6.07) is 9.58. The van der Waals surface area contributed by atoms with E-state index in [1.54, 1.807) is 22.3 Å². The number of nitrogens with one attached hydrogen (secondary N) is 1. The molecule has 26 heavy (non-hydrogen) atoms. The number of thiophene rings is 1. The number of halogens is 1. The molecule has 3 rings (SSSR count). The van der Waals surface area contributed by atoms with E-state index in [9.17, 15) is 4.79 Å². The molecule has 0 saturated heterocycles. The third kappa shape index (κ3) is 4.92. The maximum absolute atomic E-state index is 12.8. The molecule has 0 aliphatic heterocycles. The first-order valence-electron chi connectivity index (χ1n) is 8.41. The molecule has 0 atom stereocenters. The van der Waals surface area contributed by atoms with Crippen LogP contribution in [0.5, 0.6) is 0 Å². The maximum Gasteiger partial charge on any atom is 0.252 e. The number of hydrogen-bond donors (Lipinski definition) is 1. The second kappa shape index (κ2) is 8.77. The van der Waals surface area contributed by atoms with Crippen LogP contribution in [0.1, 0.15) is 11.3 Å². The Bertz CT molecular complexity index is 903. The second-order valence-corrected chi connectivity index (χ2v) is 8.68. The van der Waals surface area contributed by atoms with Gasteiger partial charge in [-0.15, -0.1) is 11.3 Å². The number of nitrogens with zero attached hydrogens (tertiary/aromatic N) is 2. The fourth-order valence-corrected chi connectivity index (χ4v) is 4.41.